The molecule has 0 bridgehead atoms. The molecule has 1 aliphatic rings. The molecule has 3 nitrogen and oxygen atoms in total. The molecule has 2 rings (SSSR count). The third kappa shape index (κ3) is 4.02. The van der Waals surface area contributed by atoms with Gasteiger partial charge in [0.25, 0.3) is 0 Å². The largest absolute Gasteiger partial charge is 0.497 e. The Labute approximate surface area is 104 Å². The summed E-state index contributed by atoms with van der Waals surface area (Å²) in [6.45, 7) is 3.37. The Morgan fingerprint density at radius 1 is 1.24 bits per heavy atom. The Morgan fingerprint density at radius 3 is 2.59 bits per heavy atom. The van der Waals surface area contributed by atoms with Crippen molar-refractivity contribution in [3.63, 3.8) is 0 Å². The number of piperidine rings is 1. The van der Waals surface area contributed by atoms with Crippen molar-refractivity contribution in [2.24, 2.45) is 0 Å². The zero-order valence-electron chi connectivity index (χ0n) is 10.5. The SMILES string of the molecule is COc1ccc(CCNC2CCNCC2)cc1. The predicted molar refractivity (Wildman–Crippen MR) is 70.6 cm³/mol. The summed E-state index contributed by atoms with van der Waals surface area (Å²) in [7, 11) is 1.70. The van der Waals surface area contributed by atoms with E-state index in [2.05, 4.69) is 22.8 Å². The smallest absolute Gasteiger partial charge is 0.118 e. The lowest BCUT2D eigenvalue weighted by Crippen LogP contribution is -2.40. The predicted octanol–water partition coefficient (Wildman–Crippen LogP) is 1.58. The normalized spacial score (nSPS) is 17.0. The Kier molecular flexibility index (Phi) is 4.83. The third-order valence-electron chi connectivity index (χ3n) is 3.34. The van der Waals surface area contributed by atoms with Crippen molar-refractivity contribution >= 4 is 0 Å². The summed E-state index contributed by atoms with van der Waals surface area (Å²) in [6, 6.07) is 9.04. The monoisotopic (exact) mass is 234 g/mol. The number of nitrogens with one attached hydrogen (secondary N) is 2. The summed E-state index contributed by atoms with van der Waals surface area (Å²) in [5.74, 6) is 0.931. The van der Waals surface area contributed by atoms with Gasteiger partial charge in [-0.15, -0.1) is 0 Å². The molecule has 1 aliphatic heterocycles. The van der Waals surface area contributed by atoms with Gasteiger partial charge in [-0.25, -0.2) is 0 Å². The third-order valence-corrected chi connectivity index (χ3v) is 3.34. The molecule has 3 heteroatoms. The van der Waals surface area contributed by atoms with Gasteiger partial charge in [0.2, 0.25) is 0 Å². The second-order valence-electron chi connectivity index (χ2n) is 4.58. The lowest BCUT2D eigenvalue weighted by Gasteiger charge is -2.23. The second-order valence-corrected chi connectivity index (χ2v) is 4.58. The molecule has 0 unspecified atom stereocenters. The molecule has 94 valence electrons. The average molecular weight is 234 g/mol. The van der Waals surface area contributed by atoms with Gasteiger partial charge in [0, 0.05) is 6.04 Å². The van der Waals surface area contributed by atoms with Gasteiger partial charge in [0.15, 0.2) is 0 Å². The molecule has 2 N–H and O–H groups in total. The van der Waals surface area contributed by atoms with Gasteiger partial charge >= 0.3 is 0 Å². The fourth-order valence-electron chi connectivity index (χ4n) is 2.24. The topological polar surface area (TPSA) is 33.3 Å². The first kappa shape index (κ1) is 12.4. The number of methoxy groups -OCH3 is 1. The van der Waals surface area contributed by atoms with E-state index < -0.39 is 0 Å². The fourth-order valence-corrected chi connectivity index (χ4v) is 2.24. The molecule has 1 heterocycles. The highest BCUT2D eigenvalue weighted by atomic mass is 16.5. The molecule has 1 saturated heterocycles. The number of hydrogen-bond acceptors (Lipinski definition) is 3. The minimum atomic E-state index is 0.703. The Morgan fingerprint density at radius 2 is 1.94 bits per heavy atom. The minimum Gasteiger partial charge on any atom is -0.497 e. The first-order chi connectivity index (χ1) is 8.38. The maximum Gasteiger partial charge on any atom is 0.118 e. The maximum atomic E-state index is 5.15. The van der Waals surface area contributed by atoms with Crippen LogP contribution in [0.25, 0.3) is 0 Å². The summed E-state index contributed by atoms with van der Waals surface area (Å²) in [5.41, 5.74) is 1.37. The molecule has 0 saturated carbocycles. The summed E-state index contributed by atoms with van der Waals surface area (Å²) in [4.78, 5) is 0. The molecule has 0 aliphatic carbocycles. The molecule has 1 aromatic rings. The number of hydrogen-bond donors (Lipinski definition) is 2. The highest BCUT2D eigenvalue weighted by Crippen LogP contribution is 2.11. The van der Waals surface area contributed by atoms with Crippen LogP contribution in [0.4, 0.5) is 0 Å². The molecule has 0 atom stereocenters. The standard InChI is InChI=1S/C14H22N2O/c1-17-14-4-2-12(3-5-14)6-11-16-13-7-9-15-10-8-13/h2-5,13,15-16H,6-11H2,1H3. The van der Waals surface area contributed by atoms with Crippen molar-refractivity contribution in [2.75, 3.05) is 26.7 Å². The van der Waals surface area contributed by atoms with Gasteiger partial charge in [-0.05, 0) is 56.6 Å². The van der Waals surface area contributed by atoms with Crippen LogP contribution in [0.15, 0.2) is 24.3 Å². The zero-order chi connectivity index (χ0) is 11.9. The lowest BCUT2D eigenvalue weighted by molar-refractivity contribution is 0.389. The van der Waals surface area contributed by atoms with Crippen LogP contribution in [0.3, 0.4) is 0 Å². The lowest BCUT2D eigenvalue weighted by atomic mass is 10.1. The van der Waals surface area contributed by atoms with Crippen LogP contribution in [-0.4, -0.2) is 32.8 Å². The molecular weight excluding hydrogens is 212 g/mol. The van der Waals surface area contributed by atoms with Crippen molar-refractivity contribution in [2.45, 2.75) is 25.3 Å². The molecule has 0 radical (unpaired) electrons. The average Bonchev–Trinajstić information content (AvgIpc) is 2.41. The van der Waals surface area contributed by atoms with Crippen molar-refractivity contribution < 1.29 is 4.74 Å². The number of rotatable bonds is 5. The fraction of sp³-hybridized carbons (Fsp3) is 0.571. The first-order valence-electron chi connectivity index (χ1n) is 6.45. The Hall–Kier alpha value is -1.06. The first-order valence-corrected chi connectivity index (χ1v) is 6.45. The highest BCUT2D eigenvalue weighted by molar-refractivity contribution is 5.27. The van der Waals surface area contributed by atoms with E-state index in [1.54, 1.807) is 7.11 Å². The molecule has 17 heavy (non-hydrogen) atoms. The van der Waals surface area contributed by atoms with Crippen molar-refractivity contribution in [1.82, 2.24) is 10.6 Å². The maximum absolute atomic E-state index is 5.15. The van der Waals surface area contributed by atoms with E-state index in [9.17, 15) is 0 Å². The van der Waals surface area contributed by atoms with Gasteiger partial charge in [-0.3, -0.25) is 0 Å². The van der Waals surface area contributed by atoms with Crippen LogP contribution in [0.1, 0.15) is 18.4 Å². The molecular formula is C14H22N2O. The van der Waals surface area contributed by atoms with E-state index >= 15 is 0 Å². The van der Waals surface area contributed by atoms with Crippen LogP contribution in [0.2, 0.25) is 0 Å². The van der Waals surface area contributed by atoms with Crippen molar-refractivity contribution in [3.8, 4) is 5.75 Å². The highest BCUT2D eigenvalue weighted by Gasteiger charge is 2.11. The van der Waals surface area contributed by atoms with E-state index in [1.165, 1.54) is 18.4 Å². The minimum absolute atomic E-state index is 0.703. The molecule has 0 spiro atoms. The number of benzene rings is 1. The summed E-state index contributed by atoms with van der Waals surface area (Å²) >= 11 is 0. The summed E-state index contributed by atoms with van der Waals surface area (Å²) < 4.78 is 5.15. The Bertz CT molecular complexity index is 317. The van der Waals surface area contributed by atoms with Gasteiger partial charge in [0.05, 0.1) is 7.11 Å². The van der Waals surface area contributed by atoms with Crippen LogP contribution >= 0.6 is 0 Å². The zero-order valence-corrected chi connectivity index (χ0v) is 10.5. The van der Waals surface area contributed by atoms with E-state index in [-0.39, 0.29) is 0 Å². The van der Waals surface area contributed by atoms with Gasteiger partial charge in [-0.2, -0.15) is 0 Å². The van der Waals surface area contributed by atoms with E-state index in [1.807, 2.05) is 12.1 Å². The number of ether oxygens (including phenoxy) is 1. The van der Waals surface area contributed by atoms with Gasteiger partial charge in [-0.1, -0.05) is 12.1 Å². The van der Waals surface area contributed by atoms with Gasteiger partial charge < -0.3 is 15.4 Å². The van der Waals surface area contributed by atoms with Crippen LogP contribution < -0.4 is 15.4 Å². The Balaban J connectivity index is 1.69. The molecule has 0 aromatic heterocycles. The summed E-state index contributed by atoms with van der Waals surface area (Å²) in [6.07, 6.45) is 3.60. The van der Waals surface area contributed by atoms with E-state index in [4.69, 9.17) is 4.74 Å². The van der Waals surface area contributed by atoms with Crippen molar-refractivity contribution in [3.05, 3.63) is 29.8 Å². The van der Waals surface area contributed by atoms with Crippen LogP contribution in [0.5, 0.6) is 5.75 Å². The van der Waals surface area contributed by atoms with Crippen LogP contribution in [0, 0.1) is 0 Å². The van der Waals surface area contributed by atoms with Crippen molar-refractivity contribution in [1.29, 1.82) is 0 Å². The van der Waals surface area contributed by atoms with E-state index in [0.29, 0.717) is 6.04 Å². The molecule has 0 amide bonds. The van der Waals surface area contributed by atoms with Gasteiger partial charge in [0.1, 0.15) is 5.75 Å². The quantitative estimate of drug-likeness (QED) is 0.811. The van der Waals surface area contributed by atoms with Crippen LogP contribution in [-0.2, 0) is 6.42 Å². The summed E-state index contributed by atoms with van der Waals surface area (Å²) in [5, 5.41) is 7.01. The molecule has 1 fully saturated rings. The molecule has 1 aromatic carbocycles. The second kappa shape index (κ2) is 6.62. The van der Waals surface area contributed by atoms with E-state index in [0.717, 1.165) is 31.8 Å².